The van der Waals surface area contributed by atoms with Gasteiger partial charge in [0.15, 0.2) is 0 Å². The standard InChI is InChI=1S/C5H14N4O2S/c6-9-3-1-5(2-4-9)8-12(7,10)11/h5,8H,1-4,6H2,(H2,7,10,11)/p+1. The van der Waals surface area contributed by atoms with E-state index < -0.39 is 10.2 Å². The molecule has 1 aliphatic rings. The molecule has 72 valence electrons. The van der Waals surface area contributed by atoms with Crippen molar-refractivity contribution in [2.24, 2.45) is 5.14 Å². The number of nitrogens with one attached hydrogen (secondary N) is 1. The van der Waals surface area contributed by atoms with E-state index >= 15 is 0 Å². The highest BCUT2D eigenvalue weighted by atomic mass is 32.2. The van der Waals surface area contributed by atoms with Crippen molar-refractivity contribution in [3.05, 3.63) is 0 Å². The maximum atomic E-state index is 10.6. The van der Waals surface area contributed by atoms with Crippen LogP contribution in [0.4, 0.5) is 0 Å². The van der Waals surface area contributed by atoms with Crippen LogP contribution >= 0.6 is 0 Å². The van der Waals surface area contributed by atoms with Crippen molar-refractivity contribution in [1.29, 1.82) is 0 Å². The summed E-state index contributed by atoms with van der Waals surface area (Å²) >= 11 is 0. The van der Waals surface area contributed by atoms with Crippen LogP contribution in [0.1, 0.15) is 12.8 Å². The summed E-state index contributed by atoms with van der Waals surface area (Å²) in [6.07, 6.45) is 1.56. The summed E-state index contributed by atoms with van der Waals surface area (Å²) < 4.78 is 23.6. The Kier molecular flexibility index (Phi) is 3.02. The Morgan fingerprint density at radius 3 is 2.33 bits per heavy atom. The summed E-state index contributed by atoms with van der Waals surface area (Å²) in [6, 6.07) is -0.0157. The van der Waals surface area contributed by atoms with Crippen LogP contribution in [0.15, 0.2) is 0 Å². The van der Waals surface area contributed by atoms with E-state index in [1.54, 1.807) is 0 Å². The molecule has 1 rings (SSSR count). The maximum absolute atomic E-state index is 10.6. The van der Waals surface area contributed by atoms with Gasteiger partial charge in [-0.1, -0.05) is 0 Å². The van der Waals surface area contributed by atoms with Gasteiger partial charge in [-0.25, -0.2) is 5.14 Å². The average Bonchev–Trinajstić information content (AvgIpc) is 1.91. The Bertz CT molecular complexity index is 232. The molecule has 0 saturated carbocycles. The van der Waals surface area contributed by atoms with Gasteiger partial charge < -0.3 is 0 Å². The minimum atomic E-state index is -3.53. The first kappa shape index (κ1) is 9.87. The van der Waals surface area contributed by atoms with E-state index in [0.29, 0.717) is 0 Å². The van der Waals surface area contributed by atoms with Gasteiger partial charge in [0.2, 0.25) is 0 Å². The second-order valence-corrected chi connectivity index (χ2v) is 4.38. The lowest BCUT2D eigenvalue weighted by molar-refractivity contribution is -0.577. The molecule has 0 spiro atoms. The van der Waals surface area contributed by atoms with E-state index in [1.165, 1.54) is 0 Å². The maximum Gasteiger partial charge on any atom is 0.274 e. The molecule has 1 fully saturated rings. The van der Waals surface area contributed by atoms with Gasteiger partial charge in [0, 0.05) is 19.1 Å². The average molecular weight is 195 g/mol. The van der Waals surface area contributed by atoms with E-state index in [4.69, 9.17) is 5.14 Å². The summed E-state index contributed by atoms with van der Waals surface area (Å²) in [7, 11) is -3.53. The lowest BCUT2D eigenvalue weighted by Crippen LogP contribution is -2.70. The highest BCUT2D eigenvalue weighted by Gasteiger charge is 2.21. The van der Waals surface area contributed by atoms with Gasteiger partial charge in [-0.3, -0.25) is 5.84 Å². The summed E-state index contributed by atoms with van der Waals surface area (Å²) in [5.74, 6) is 3.75. The second-order valence-electron chi connectivity index (χ2n) is 3.06. The Labute approximate surface area is 72.0 Å². The van der Waals surface area contributed by atoms with Crippen molar-refractivity contribution >= 4 is 10.2 Å². The van der Waals surface area contributed by atoms with Crippen molar-refractivity contribution in [2.45, 2.75) is 18.9 Å². The van der Waals surface area contributed by atoms with Crippen LogP contribution in [0.5, 0.6) is 0 Å². The highest BCUT2D eigenvalue weighted by molar-refractivity contribution is 7.87. The van der Waals surface area contributed by atoms with Gasteiger partial charge in [0.25, 0.3) is 10.2 Å². The highest BCUT2D eigenvalue weighted by Crippen LogP contribution is 2.05. The van der Waals surface area contributed by atoms with Gasteiger partial charge in [-0.2, -0.15) is 18.1 Å². The molecule has 6 N–H and O–H groups in total. The third-order valence-electron chi connectivity index (χ3n) is 1.92. The quantitative estimate of drug-likeness (QED) is 0.450. The summed E-state index contributed by atoms with van der Waals surface area (Å²) in [5, 5.41) is 6.75. The molecule has 0 amide bonds. The third kappa shape index (κ3) is 3.46. The van der Waals surface area contributed by atoms with Crippen LogP contribution in [0.3, 0.4) is 0 Å². The predicted octanol–water partition coefficient (Wildman–Crippen LogP) is -2.60. The van der Waals surface area contributed by atoms with Crippen molar-refractivity contribution in [1.82, 2.24) is 9.73 Å². The Hall–Kier alpha value is -0.210. The number of nitrogens with zero attached hydrogens (tertiary/aromatic N) is 1. The zero-order valence-corrected chi connectivity index (χ0v) is 7.68. The Balaban J connectivity index is 2.36. The first-order valence-corrected chi connectivity index (χ1v) is 5.37. The Morgan fingerprint density at radius 2 is 1.92 bits per heavy atom. The molecule has 0 aromatic carbocycles. The van der Waals surface area contributed by atoms with Gasteiger partial charge in [-0.05, 0) is 12.8 Å². The SMILES string of the molecule is NS(=O)(=O)NC1CCN([NH3+])CC1. The molecule has 6 nitrogen and oxygen atoms in total. The molecule has 1 heterocycles. The molecular formula is C5H15N4O2S+. The minimum Gasteiger partial charge on any atom is -0.278 e. The van der Waals surface area contributed by atoms with Crippen LogP contribution < -0.4 is 15.7 Å². The monoisotopic (exact) mass is 195 g/mol. The molecule has 0 bridgehead atoms. The van der Waals surface area contributed by atoms with Gasteiger partial charge in [-0.15, -0.1) is 0 Å². The van der Waals surface area contributed by atoms with Crippen molar-refractivity contribution in [3.8, 4) is 0 Å². The zero-order valence-electron chi connectivity index (χ0n) is 6.86. The number of hydrogen-bond acceptors (Lipinski definition) is 3. The van der Waals surface area contributed by atoms with Crippen LogP contribution in [0.25, 0.3) is 0 Å². The van der Waals surface area contributed by atoms with E-state index in [9.17, 15) is 8.42 Å². The van der Waals surface area contributed by atoms with Crippen LogP contribution in [-0.4, -0.2) is 32.6 Å². The van der Waals surface area contributed by atoms with Crippen LogP contribution in [0.2, 0.25) is 0 Å². The normalized spacial score (nSPS) is 22.8. The van der Waals surface area contributed by atoms with Gasteiger partial charge in [0.05, 0.1) is 0 Å². The first-order valence-electron chi connectivity index (χ1n) is 3.83. The molecule has 7 heteroatoms. The van der Waals surface area contributed by atoms with Crippen LogP contribution in [-0.2, 0) is 10.2 Å². The number of quaternary nitrogens is 1. The number of rotatable bonds is 2. The molecule has 1 saturated heterocycles. The molecule has 0 aromatic heterocycles. The minimum absolute atomic E-state index is 0.0157. The molecule has 0 atom stereocenters. The summed E-state index contributed by atoms with van der Waals surface area (Å²) in [6.45, 7) is 1.63. The summed E-state index contributed by atoms with van der Waals surface area (Å²) in [5.41, 5.74) is 0. The fourth-order valence-electron chi connectivity index (χ4n) is 1.28. The lowest BCUT2D eigenvalue weighted by Gasteiger charge is -2.25. The molecule has 0 aliphatic carbocycles. The topological polar surface area (TPSA) is 103 Å². The first-order chi connectivity index (χ1) is 5.47. The van der Waals surface area contributed by atoms with E-state index in [1.807, 2.05) is 5.01 Å². The fourth-order valence-corrected chi connectivity index (χ4v) is 1.98. The second kappa shape index (κ2) is 3.67. The molecule has 0 unspecified atom stereocenters. The van der Waals surface area contributed by atoms with Gasteiger partial charge in [0.1, 0.15) is 0 Å². The van der Waals surface area contributed by atoms with Crippen LogP contribution in [0, 0.1) is 0 Å². The number of piperidine rings is 1. The summed E-state index contributed by atoms with van der Waals surface area (Å²) in [4.78, 5) is 0. The fraction of sp³-hybridized carbons (Fsp3) is 1.00. The molecule has 12 heavy (non-hydrogen) atoms. The number of nitrogens with two attached hydrogens (primary N) is 1. The van der Waals surface area contributed by atoms with Crippen molar-refractivity contribution in [3.63, 3.8) is 0 Å². The smallest absolute Gasteiger partial charge is 0.274 e. The van der Waals surface area contributed by atoms with E-state index in [0.717, 1.165) is 25.9 Å². The Morgan fingerprint density at radius 1 is 1.42 bits per heavy atom. The molecule has 0 aromatic rings. The largest absolute Gasteiger partial charge is 0.278 e. The van der Waals surface area contributed by atoms with E-state index in [-0.39, 0.29) is 6.04 Å². The molecular weight excluding hydrogens is 180 g/mol. The van der Waals surface area contributed by atoms with Gasteiger partial charge >= 0.3 is 0 Å². The zero-order chi connectivity index (χ0) is 9.19. The van der Waals surface area contributed by atoms with Crippen molar-refractivity contribution < 1.29 is 14.3 Å². The predicted molar refractivity (Wildman–Crippen MR) is 43.7 cm³/mol. The third-order valence-corrected chi connectivity index (χ3v) is 2.58. The lowest BCUT2D eigenvalue weighted by atomic mass is 10.1. The number of hydrogen-bond donors (Lipinski definition) is 3. The molecule has 0 radical (unpaired) electrons. The molecule has 1 aliphatic heterocycles. The van der Waals surface area contributed by atoms with E-state index in [2.05, 4.69) is 10.6 Å². The van der Waals surface area contributed by atoms with Crippen molar-refractivity contribution in [2.75, 3.05) is 13.1 Å².